The van der Waals surface area contributed by atoms with Crippen molar-refractivity contribution < 1.29 is 4.52 Å². The van der Waals surface area contributed by atoms with Crippen molar-refractivity contribution in [1.29, 1.82) is 0 Å². The lowest BCUT2D eigenvalue weighted by Gasteiger charge is -1.98. The monoisotopic (exact) mass is 253 g/mol. The number of H-pyrrole nitrogens is 1. The third-order valence-electron chi connectivity index (χ3n) is 3.37. The molecule has 2 aromatic heterocycles. The number of hydrogen-bond acceptors (Lipinski definition) is 4. The molecule has 0 bridgehead atoms. The predicted octanol–water partition coefficient (Wildman–Crippen LogP) is 2.46. The molecule has 19 heavy (non-hydrogen) atoms. The molecule has 0 saturated heterocycles. The van der Waals surface area contributed by atoms with E-state index in [-0.39, 0.29) is 5.56 Å². The third-order valence-corrected chi connectivity index (χ3v) is 3.37. The topological polar surface area (TPSA) is 71.8 Å². The smallest absolute Gasteiger partial charge is 0.263 e. The SMILES string of the molecule is O=c1[nH]c2ccccc2cc1-c1nc(C2CC2)no1. The number of fused-ring (bicyclic) bond motifs is 1. The minimum Gasteiger partial charge on any atom is -0.334 e. The largest absolute Gasteiger partial charge is 0.334 e. The summed E-state index contributed by atoms with van der Waals surface area (Å²) in [6, 6.07) is 9.40. The fourth-order valence-corrected chi connectivity index (χ4v) is 2.16. The summed E-state index contributed by atoms with van der Waals surface area (Å²) in [5.41, 5.74) is 1.03. The van der Waals surface area contributed by atoms with Gasteiger partial charge in [-0.1, -0.05) is 23.4 Å². The van der Waals surface area contributed by atoms with Gasteiger partial charge >= 0.3 is 0 Å². The van der Waals surface area contributed by atoms with Crippen LogP contribution >= 0.6 is 0 Å². The zero-order valence-electron chi connectivity index (χ0n) is 10.1. The lowest BCUT2D eigenvalue weighted by molar-refractivity contribution is 0.422. The summed E-state index contributed by atoms with van der Waals surface area (Å²) in [7, 11) is 0. The Bertz CT molecular complexity index is 815. The molecule has 3 aromatic rings. The van der Waals surface area contributed by atoms with Gasteiger partial charge in [-0.2, -0.15) is 4.98 Å². The molecule has 94 valence electrons. The lowest BCUT2D eigenvalue weighted by Crippen LogP contribution is -2.08. The van der Waals surface area contributed by atoms with Crippen LogP contribution in [0.15, 0.2) is 39.6 Å². The molecular weight excluding hydrogens is 242 g/mol. The molecule has 4 rings (SSSR count). The van der Waals surface area contributed by atoms with Crippen molar-refractivity contribution in [3.05, 3.63) is 46.5 Å². The average molecular weight is 253 g/mol. The van der Waals surface area contributed by atoms with Gasteiger partial charge in [0.25, 0.3) is 11.4 Å². The number of aromatic amines is 1. The van der Waals surface area contributed by atoms with Gasteiger partial charge in [0.05, 0.1) is 0 Å². The van der Waals surface area contributed by atoms with Gasteiger partial charge in [-0.25, -0.2) is 0 Å². The molecule has 0 aliphatic heterocycles. The van der Waals surface area contributed by atoms with Crippen LogP contribution in [0.25, 0.3) is 22.4 Å². The van der Waals surface area contributed by atoms with Crippen molar-refractivity contribution in [3.63, 3.8) is 0 Å². The van der Waals surface area contributed by atoms with Crippen LogP contribution in [0.5, 0.6) is 0 Å². The Morgan fingerprint density at radius 2 is 2.11 bits per heavy atom. The van der Waals surface area contributed by atoms with Crippen molar-refractivity contribution in [2.24, 2.45) is 0 Å². The number of rotatable bonds is 2. The maximum Gasteiger partial charge on any atom is 0.263 e. The van der Waals surface area contributed by atoms with E-state index in [0.717, 1.165) is 23.7 Å². The van der Waals surface area contributed by atoms with E-state index >= 15 is 0 Å². The Balaban J connectivity index is 1.88. The Kier molecular flexibility index (Phi) is 2.09. The number of nitrogens with one attached hydrogen (secondary N) is 1. The summed E-state index contributed by atoms with van der Waals surface area (Å²) in [5.74, 6) is 1.42. The van der Waals surface area contributed by atoms with Crippen molar-refractivity contribution in [2.45, 2.75) is 18.8 Å². The van der Waals surface area contributed by atoms with Crippen LogP contribution in [0, 0.1) is 0 Å². The van der Waals surface area contributed by atoms with Gasteiger partial charge in [-0.15, -0.1) is 0 Å². The maximum atomic E-state index is 12.0. The van der Waals surface area contributed by atoms with Crippen molar-refractivity contribution >= 4 is 10.9 Å². The molecule has 1 aliphatic carbocycles. The third kappa shape index (κ3) is 1.74. The Labute approximate surface area is 108 Å². The normalized spacial score (nSPS) is 14.9. The quantitative estimate of drug-likeness (QED) is 0.761. The van der Waals surface area contributed by atoms with Crippen LogP contribution in [0.4, 0.5) is 0 Å². The maximum absolute atomic E-state index is 12.0. The summed E-state index contributed by atoms with van der Waals surface area (Å²) in [5, 5.41) is 4.88. The highest BCUT2D eigenvalue weighted by atomic mass is 16.5. The number of para-hydroxylation sites is 1. The standard InChI is InChI=1S/C14H11N3O2/c18-13-10(7-9-3-1-2-4-11(9)15-13)14-16-12(17-19-14)8-5-6-8/h1-4,7-8H,5-6H2,(H,15,18). The van der Waals surface area contributed by atoms with E-state index in [4.69, 9.17) is 4.52 Å². The molecule has 2 heterocycles. The van der Waals surface area contributed by atoms with E-state index in [9.17, 15) is 4.79 Å². The minimum absolute atomic E-state index is 0.204. The predicted molar refractivity (Wildman–Crippen MR) is 69.8 cm³/mol. The highest BCUT2D eigenvalue weighted by Crippen LogP contribution is 2.38. The van der Waals surface area contributed by atoms with Crippen LogP contribution in [0.2, 0.25) is 0 Å². The van der Waals surface area contributed by atoms with E-state index in [1.54, 1.807) is 6.07 Å². The molecule has 0 spiro atoms. The molecule has 0 atom stereocenters. The number of nitrogens with zero attached hydrogens (tertiary/aromatic N) is 2. The van der Waals surface area contributed by atoms with Gasteiger partial charge < -0.3 is 9.51 Å². The number of benzene rings is 1. The van der Waals surface area contributed by atoms with Gasteiger partial charge in [0.2, 0.25) is 0 Å². The van der Waals surface area contributed by atoms with Crippen LogP contribution in [0.3, 0.4) is 0 Å². The molecule has 1 aliphatic rings. The van der Waals surface area contributed by atoms with E-state index in [1.165, 1.54) is 0 Å². The van der Waals surface area contributed by atoms with Crippen molar-refractivity contribution in [2.75, 3.05) is 0 Å². The number of hydrogen-bond donors (Lipinski definition) is 1. The highest BCUT2D eigenvalue weighted by molar-refractivity contribution is 5.81. The first-order valence-electron chi connectivity index (χ1n) is 6.27. The molecule has 5 heteroatoms. The Morgan fingerprint density at radius 3 is 2.95 bits per heavy atom. The summed E-state index contributed by atoms with van der Waals surface area (Å²) < 4.78 is 5.20. The number of aromatic nitrogens is 3. The van der Waals surface area contributed by atoms with E-state index < -0.39 is 0 Å². The van der Waals surface area contributed by atoms with Gasteiger partial charge in [0.1, 0.15) is 5.56 Å². The fourth-order valence-electron chi connectivity index (χ4n) is 2.16. The highest BCUT2D eigenvalue weighted by Gasteiger charge is 2.29. The molecule has 0 unspecified atom stereocenters. The Morgan fingerprint density at radius 1 is 1.26 bits per heavy atom. The first kappa shape index (κ1) is 10.5. The van der Waals surface area contributed by atoms with Crippen LogP contribution in [-0.2, 0) is 0 Å². The molecule has 1 fully saturated rings. The van der Waals surface area contributed by atoms with E-state index in [0.29, 0.717) is 23.2 Å². The molecule has 1 saturated carbocycles. The first-order chi connectivity index (χ1) is 9.31. The molecule has 0 radical (unpaired) electrons. The molecular formula is C14H11N3O2. The van der Waals surface area contributed by atoms with Gasteiger partial charge in [0, 0.05) is 11.4 Å². The molecule has 1 aromatic carbocycles. The van der Waals surface area contributed by atoms with E-state index in [2.05, 4.69) is 15.1 Å². The zero-order valence-corrected chi connectivity index (χ0v) is 10.1. The second-order valence-electron chi connectivity index (χ2n) is 4.83. The molecule has 1 N–H and O–H groups in total. The minimum atomic E-state index is -0.204. The van der Waals surface area contributed by atoms with Crippen molar-refractivity contribution in [3.8, 4) is 11.5 Å². The van der Waals surface area contributed by atoms with Gasteiger partial charge in [-0.3, -0.25) is 4.79 Å². The molecule has 0 amide bonds. The van der Waals surface area contributed by atoms with E-state index in [1.807, 2.05) is 24.3 Å². The van der Waals surface area contributed by atoms with Gasteiger partial charge in [0.15, 0.2) is 5.82 Å². The first-order valence-corrected chi connectivity index (χ1v) is 6.27. The summed E-state index contributed by atoms with van der Waals surface area (Å²) in [6.45, 7) is 0. The second-order valence-corrected chi connectivity index (χ2v) is 4.83. The van der Waals surface area contributed by atoms with Crippen LogP contribution in [-0.4, -0.2) is 15.1 Å². The second kappa shape index (κ2) is 3.78. The summed E-state index contributed by atoms with van der Waals surface area (Å²) in [6.07, 6.45) is 2.21. The average Bonchev–Trinajstić information content (AvgIpc) is 3.16. The summed E-state index contributed by atoms with van der Waals surface area (Å²) >= 11 is 0. The molecule has 5 nitrogen and oxygen atoms in total. The van der Waals surface area contributed by atoms with Crippen molar-refractivity contribution in [1.82, 2.24) is 15.1 Å². The Hall–Kier alpha value is -2.43. The van der Waals surface area contributed by atoms with Crippen LogP contribution < -0.4 is 5.56 Å². The lowest BCUT2D eigenvalue weighted by atomic mass is 10.1. The van der Waals surface area contributed by atoms with Crippen LogP contribution in [0.1, 0.15) is 24.6 Å². The summed E-state index contributed by atoms with van der Waals surface area (Å²) in [4.78, 5) is 19.2. The van der Waals surface area contributed by atoms with Gasteiger partial charge in [-0.05, 0) is 30.4 Å². The zero-order chi connectivity index (χ0) is 12.8. The number of pyridine rings is 1. The fraction of sp³-hybridized carbons (Fsp3) is 0.214.